The van der Waals surface area contributed by atoms with Gasteiger partial charge in [0.25, 0.3) is 0 Å². The van der Waals surface area contributed by atoms with E-state index in [1.54, 1.807) is 28.1 Å². The summed E-state index contributed by atoms with van der Waals surface area (Å²) in [5.74, 6) is -2.46. The van der Waals surface area contributed by atoms with Crippen LogP contribution in [0.1, 0.15) is 36.5 Å². The average Bonchev–Trinajstić information content (AvgIpc) is 3.19. The Morgan fingerprint density at radius 3 is 2.28 bits per heavy atom. The molecule has 1 aliphatic rings. The molecule has 0 N–H and O–H groups in total. The predicted octanol–water partition coefficient (Wildman–Crippen LogP) is 4.38. The highest BCUT2D eigenvalue weighted by atomic mass is 19.2. The summed E-state index contributed by atoms with van der Waals surface area (Å²) in [5, 5.41) is 0. The van der Waals surface area contributed by atoms with E-state index < -0.39 is 11.6 Å². The molecule has 10 heteroatoms. The minimum Gasteiger partial charge on any atom is -0.337 e. The lowest BCUT2D eigenvalue weighted by Gasteiger charge is -2.28. The number of amides is 2. The molecule has 0 fully saturated rings. The first-order chi connectivity index (χ1) is 20.6. The van der Waals surface area contributed by atoms with E-state index in [9.17, 15) is 23.2 Å². The first kappa shape index (κ1) is 30.2. The van der Waals surface area contributed by atoms with Crippen LogP contribution in [-0.4, -0.2) is 56.9 Å². The van der Waals surface area contributed by atoms with Gasteiger partial charge in [0.1, 0.15) is 0 Å². The van der Waals surface area contributed by atoms with Crippen LogP contribution in [0, 0.1) is 11.6 Å². The largest absolute Gasteiger partial charge is 0.337 e. The smallest absolute Gasteiger partial charge is 0.328 e. The van der Waals surface area contributed by atoms with Gasteiger partial charge in [0.2, 0.25) is 11.8 Å². The van der Waals surface area contributed by atoms with Gasteiger partial charge in [-0.1, -0.05) is 36.4 Å². The standard InChI is InChI=1S/C33H37F2N5O3/c1-23(41)40-15-7-14-38(21-25-8-5-4-6-9-25)16-17-39(22-26-19-27(34)28(35)20-30(26)40)32(42)13-11-24-10-12-29-31(18-24)37(3)33(43)36(29)2/h4-6,8-10,12,18-20H,7,11,13-17,21-22H2,1-3H3. The number of halogens is 2. The maximum absolute atomic E-state index is 14.5. The molecule has 2 amide bonds. The lowest BCUT2D eigenvalue weighted by molar-refractivity contribution is -0.132. The number of benzene rings is 3. The zero-order chi connectivity index (χ0) is 30.7. The molecule has 226 valence electrons. The SMILES string of the molecule is CC(=O)N1CCCN(Cc2ccccc2)CCN(C(=O)CCc2ccc3c(c2)n(C)c(=O)n3C)Cc2cc(F)c(F)cc21. The Hall–Kier alpha value is -4.31. The first-order valence-electron chi connectivity index (χ1n) is 14.6. The Labute approximate surface area is 249 Å². The minimum atomic E-state index is -1.03. The molecule has 1 aromatic heterocycles. The van der Waals surface area contributed by atoms with Crippen molar-refractivity contribution >= 4 is 28.5 Å². The topological polar surface area (TPSA) is 70.8 Å². The predicted molar refractivity (Wildman–Crippen MR) is 163 cm³/mol. The highest BCUT2D eigenvalue weighted by Gasteiger charge is 2.24. The van der Waals surface area contributed by atoms with E-state index >= 15 is 0 Å². The molecule has 0 bridgehead atoms. The summed E-state index contributed by atoms with van der Waals surface area (Å²) in [6, 6.07) is 17.9. The third-order valence-corrected chi connectivity index (χ3v) is 8.26. The van der Waals surface area contributed by atoms with Gasteiger partial charge < -0.3 is 9.80 Å². The van der Waals surface area contributed by atoms with E-state index in [1.165, 1.54) is 11.8 Å². The van der Waals surface area contributed by atoms with Crippen molar-refractivity contribution in [2.45, 2.75) is 39.3 Å². The number of nitrogens with zero attached hydrogens (tertiary/aromatic N) is 5. The van der Waals surface area contributed by atoms with Gasteiger partial charge in [-0.05, 0) is 47.7 Å². The van der Waals surface area contributed by atoms with Crippen molar-refractivity contribution in [1.82, 2.24) is 18.9 Å². The minimum absolute atomic E-state index is 0.0422. The van der Waals surface area contributed by atoms with Gasteiger partial charge in [0, 0.05) is 72.8 Å². The number of hydrogen-bond donors (Lipinski definition) is 0. The molecule has 0 radical (unpaired) electrons. The molecule has 2 heterocycles. The maximum Gasteiger partial charge on any atom is 0.328 e. The zero-order valence-electron chi connectivity index (χ0n) is 24.9. The molecular weight excluding hydrogens is 552 g/mol. The molecular formula is C33H37F2N5O3. The van der Waals surface area contributed by atoms with Crippen LogP contribution in [0.3, 0.4) is 0 Å². The molecule has 4 aromatic rings. The van der Waals surface area contributed by atoms with Crippen LogP contribution in [-0.2, 0) is 43.2 Å². The molecule has 8 nitrogen and oxygen atoms in total. The summed E-state index contributed by atoms with van der Waals surface area (Å²) in [6.45, 7) is 4.10. The fraction of sp³-hybridized carbons (Fsp3) is 0.364. The number of carbonyl (C=O) groups excluding carboxylic acids is 2. The number of carbonyl (C=O) groups is 2. The van der Waals surface area contributed by atoms with Gasteiger partial charge in [0.15, 0.2) is 11.6 Å². The van der Waals surface area contributed by atoms with Crippen molar-refractivity contribution in [2.24, 2.45) is 14.1 Å². The number of imidazole rings is 1. The van der Waals surface area contributed by atoms with E-state index in [4.69, 9.17) is 0 Å². The lowest BCUT2D eigenvalue weighted by atomic mass is 10.1. The van der Waals surface area contributed by atoms with Crippen molar-refractivity contribution in [3.63, 3.8) is 0 Å². The molecule has 0 aliphatic carbocycles. The van der Waals surface area contributed by atoms with Crippen LogP contribution in [0.2, 0.25) is 0 Å². The number of fused-ring (bicyclic) bond motifs is 2. The Morgan fingerprint density at radius 2 is 1.53 bits per heavy atom. The Balaban J connectivity index is 1.42. The summed E-state index contributed by atoms with van der Waals surface area (Å²) in [7, 11) is 3.45. The summed E-state index contributed by atoms with van der Waals surface area (Å²) in [6.07, 6.45) is 1.27. The Kier molecular flexibility index (Phi) is 9.05. The van der Waals surface area contributed by atoms with Crippen molar-refractivity contribution in [3.05, 3.63) is 99.5 Å². The van der Waals surface area contributed by atoms with Crippen LogP contribution in [0.15, 0.2) is 65.5 Å². The van der Waals surface area contributed by atoms with E-state index in [2.05, 4.69) is 17.0 Å². The van der Waals surface area contributed by atoms with Crippen LogP contribution >= 0.6 is 0 Å². The number of rotatable bonds is 5. The number of anilines is 1. The van der Waals surface area contributed by atoms with Crippen LogP contribution in [0.25, 0.3) is 11.0 Å². The number of aromatic nitrogens is 2. The van der Waals surface area contributed by atoms with Gasteiger partial charge in [-0.25, -0.2) is 13.6 Å². The summed E-state index contributed by atoms with van der Waals surface area (Å²) < 4.78 is 32.1. The number of hydrogen-bond acceptors (Lipinski definition) is 4. The quantitative estimate of drug-likeness (QED) is 0.347. The third-order valence-electron chi connectivity index (χ3n) is 8.26. The van der Waals surface area contributed by atoms with E-state index in [-0.39, 0.29) is 36.2 Å². The second-order valence-corrected chi connectivity index (χ2v) is 11.2. The van der Waals surface area contributed by atoms with Crippen molar-refractivity contribution in [3.8, 4) is 0 Å². The van der Waals surface area contributed by atoms with Gasteiger partial charge >= 0.3 is 5.69 Å². The monoisotopic (exact) mass is 589 g/mol. The van der Waals surface area contributed by atoms with Gasteiger partial charge in [-0.15, -0.1) is 0 Å². The first-order valence-corrected chi connectivity index (χ1v) is 14.6. The summed E-state index contributed by atoms with van der Waals surface area (Å²) in [4.78, 5) is 44.2. The second-order valence-electron chi connectivity index (χ2n) is 11.2. The lowest BCUT2D eigenvalue weighted by Crippen LogP contribution is -2.38. The third kappa shape index (κ3) is 6.69. The molecule has 1 aliphatic heterocycles. The van der Waals surface area contributed by atoms with Gasteiger partial charge in [-0.3, -0.25) is 23.6 Å². The summed E-state index contributed by atoms with van der Waals surface area (Å²) in [5.41, 5.74) is 4.22. The second kappa shape index (κ2) is 12.9. The Bertz CT molecular complexity index is 1700. The highest BCUT2D eigenvalue weighted by molar-refractivity contribution is 5.92. The van der Waals surface area contributed by atoms with Gasteiger partial charge in [-0.2, -0.15) is 0 Å². The molecule has 43 heavy (non-hydrogen) atoms. The fourth-order valence-corrected chi connectivity index (χ4v) is 5.84. The highest BCUT2D eigenvalue weighted by Crippen LogP contribution is 2.27. The molecule has 0 unspecified atom stereocenters. The normalized spacial score (nSPS) is 14.9. The fourth-order valence-electron chi connectivity index (χ4n) is 5.84. The van der Waals surface area contributed by atoms with Crippen LogP contribution in [0.4, 0.5) is 14.5 Å². The molecule has 0 atom stereocenters. The van der Waals surface area contributed by atoms with Crippen molar-refractivity contribution < 1.29 is 18.4 Å². The van der Waals surface area contributed by atoms with Crippen LogP contribution < -0.4 is 10.6 Å². The van der Waals surface area contributed by atoms with Crippen molar-refractivity contribution in [2.75, 3.05) is 31.1 Å². The molecule has 0 saturated heterocycles. The molecule has 3 aromatic carbocycles. The van der Waals surface area contributed by atoms with Crippen molar-refractivity contribution in [1.29, 1.82) is 0 Å². The zero-order valence-corrected chi connectivity index (χ0v) is 24.9. The maximum atomic E-state index is 14.5. The van der Waals surface area contributed by atoms with E-state index in [0.717, 1.165) is 34.3 Å². The van der Waals surface area contributed by atoms with E-state index in [1.807, 2.05) is 36.4 Å². The molecule has 5 rings (SSSR count). The van der Waals surface area contributed by atoms with Crippen LogP contribution in [0.5, 0.6) is 0 Å². The molecule has 0 spiro atoms. The molecule has 0 saturated carbocycles. The number of aryl methyl sites for hydroxylation is 3. The van der Waals surface area contributed by atoms with Gasteiger partial charge in [0.05, 0.1) is 16.7 Å². The van der Waals surface area contributed by atoms with E-state index in [0.29, 0.717) is 51.1 Å². The Morgan fingerprint density at radius 1 is 0.814 bits per heavy atom. The average molecular weight is 590 g/mol. The summed E-state index contributed by atoms with van der Waals surface area (Å²) >= 11 is 0.